The Bertz CT molecular complexity index is 749. The average Bonchev–Trinajstić information content (AvgIpc) is 2.96. The molecule has 5 nitrogen and oxygen atoms in total. The van der Waals surface area contributed by atoms with Crippen molar-refractivity contribution in [2.24, 2.45) is 0 Å². The van der Waals surface area contributed by atoms with Gasteiger partial charge in [-0.05, 0) is 45.3 Å². The van der Waals surface area contributed by atoms with E-state index in [1.807, 2.05) is 27.7 Å². The maximum Gasteiger partial charge on any atom is 0.494 e. The third-order valence-corrected chi connectivity index (χ3v) is 7.04. The van der Waals surface area contributed by atoms with Crippen molar-refractivity contribution in [1.82, 2.24) is 4.31 Å². The van der Waals surface area contributed by atoms with Crippen LogP contribution in [0.2, 0.25) is 0 Å². The highest BCUT2D eigenvalue weighted by Gasteiger charge is 2.51. The van der Waals surface area contributed by atoms with Gasteiger partial charge in [-0.15, -0.1) is 0 Å². The Morgan fingerprint density at radius 2 is 1.56 bits per heavy atom. The quantitative estimate of drug-likeness (QED) is 0.761. The minimum absolute atomic E-state index is 0.00883. The smallest absolute Gasteiger partial charge is 0.399 e. The van der Waals surface area contributed by atoms with E-state index in [1.54, 1.807) is 12.1 Å². The Hall–Kier alpha value is -1.03. The van der Waals surface area contributed by atoms with Crippen molar-refractivity contribution >= 4 is 22.6 Å². The second kappa shape index (κ2) is 5.74. The zero-order valence-corrected chi connectivity index (χ0v) is 15.6. The summed E-state index contributed by atoms with van der Waals surface area (Å²) >= 11 is 0. The summed E-state index contributed by atoms with van der Waals surface area (Å²) in [5.41, 5.74) is -0.308. The molecule has 2 aliphatic heterocycles. The molecule has 0 saturated carbocycles. The van der Waals surface area contributed by atoms with Gasteiger partial charge in [0.15, 0.2) is 0 Å². The zero-order chi connectivity index (χ0) is 18.7. The van der Waals surface area contributed by atoms with Gasteiger partial charge < -0.3 is 9.31 Å². The molecule has 2 aliphatic rings. The Kier molecular flexibility index (Phi) is 4.30. The van der Waals surface area contributed by atoms with Gasteiger partial charge in [-0.3, -0.25) is 0 Å². The van der Waals surface area contributed by atoms with Crippen molar-refractivity contribution in [3.63, 3.8) is 0 Å². The van der Waals surface area contributed by atoms with Crippen LogP contribution in [-0.4, -0.2) is 50.1 Å². The number of nitrogens with zero attached hydrogens (tertiary/aromatic N) is 1. The van der Waals surface area contributed by atoms with Gasteiger partial charge in [0.25, 0.3) is 5.92 Å². The highest BCUT2D eigenvalue weighted by molar-refractivity contribution is 7.89. The molecule has 0 amide bonds. The molecule has 1 aromatic rings. The third kappa shape index (κ3) is 3.34. The van der Waals surface area contributed by atoms with Crippen LogP contribution < -0.4 is 5.46 Å². The third-order valence-electron chi connectivity index (χ3n) is 5.18. The van der Waals surface area contributed by atoms with E-state index in [2.05, 4.69) is 0 Å². The topological polar surface area (TPSA) is 55.8 Å². The van der Waals surface area contributed by atoms with Gasteiger partial charge >= 0.3 is 7.12 Å². The first-order valence-electron chi connectivity index (χ1n) is 8.18. The standard InChI is InChI=1S/C16H22BF2NO4S/c1-14(2)15(3,4)24-17(23-14)12-5-7-13(8-6-12)25(21,22)20-10-9-16(18,19)11-20/h5-8H,9-11H2,1-4H3. The predicted octanol–water partition coefficient (Wildman–Crippen LogP) is 2.02. The van der Waals surface area contributed by atoms with E-state index in [9.17, 15) is 17.2 Å². The lowest BCUT2D eigenvalue weighted by Crippen LogP contribution is -2.41. The summed E-state index contributed by atoms with van der Waals surface area (Å²) in [4.78, 5) is -0.00883. The summed E-state index contributed by atoms with van der Waals surface area (Å²) < 4.78 is 64.3. The SMILES string of the molecule is CC1(C)OB(c2ccc(S(=O)(=O)N3CCC(F)(F)C3)cc2)OC1(C)C. The molecule has 2 fully saturated rings. The van der Waals surface area contributed by atoms with Crippen LogP contribution in [0.1, 0.15) is 34.1 Å². The van der Waals surface area contributed by atoms with E-state index in [0.29, 0.717) is 5.46 Å². The highest BCUT2D eigenvalue weighted by atomic mass is 32.2. The molecule has 0 aromatic heterocycles. The monoisotopic (exact) mass is 373 g/mol. The minimum atomic E-state index is -3.92. The van der Waals surface area contributed by atoms with Gasteiger partial charge in [0.05, 0.1) is 22.6 Å². The van der Waals surface area contributed by atoms with Crippen LogP contribution in [0.25, 0.3) is 0 Å². The number of alkyl halides is 2. The molecule has 0 atom stereocenters. The molecule has 0 bridgehead atoms. The van der Waals surface area contributed by atoms with Crippen molar-refractivity contribution in [2.75, 3.05) is 13.1 Å². The fourth-order valence-electron chi connectivity index (χ4n) is 2.83. The molecule has 2 saturated heterocycles. The first-order chi connectivity index (χ1) is 11.3. The van der Waals surface area contributed by atoms with E-state index in [1.165, 1.54) is 12.1 Å². The number of hydrogen-bond acceptors (Lipinski definition) is 4. The van der Waals surface area contributed by atoms with Gasteiger partial charge in [-0.2, -0.15) is 4.31 Å². The normalized spacial score (nSPS) is 25.4. The van der Waals surface area contributed by atoms with Crippen LogP contribution in [0.4, 0.5) is 8.78 Å². The Labute approximate surface area is 147 Å². The van der Waals surface area contributed by atoms with Crippen molar-refractivity contribution in [3.05, 3.63) is 24.3 Å². The number of hydrogen-bond donors (Lipinski definition) is 0. The van der Waals surface area contributed by atoms with Crippen LogP contribution in [0.3, 0.4) is 0 Å². The van der Waals surface area contributed by atoms with Crippen molar-refractivity contribution in [1.29, 1.82) is 0 Å². The molecule has 0 N–H and O–H groups in total. The molecule has 0 spiro atoms. The number of benzene rings is 1. The van der Waals surface area contributed by atoms with Crippen molar-refractivity contribution in [2.45, 2.75) is 56.1 Å². The summed E-state index contributed by atoms with van der Waals surface area (Å²) in [6.07, 6.45) is -0.446. The molecular weight excluding hydrogens is 351 g/mol. The van der Waals surface area contributed by atoms with Crippen LogP contribution in [-0.2, 0) is 19.3 Å². The Morgan fingerprint density at radius 3 is 2.00 bits per heavy atom. The van der Waals surface area contributed by atoms with Gasteiger partial charge in [0.1, 0.15) is 0 Å². The van der Waals surface area contributed by atoms with Crippen LogP contribution >= 0.6 is 0 Å². The summed E-state index contributed by atoms with van der Waals surface area (Å²) in [6.45, 7) is 6.78. The summed E-state index contributed by atoms with van der Waals surface area (Å²) in [6, 6.07) is 6.02. The van der Waals surface area contributed by atoms with E-state index in [4.69, 9.17) is 9.31 Å². The van der Waals surface area contributed by atoms with Gasteiger partial charge in [0, 0.05) is 13.0 Å². The van der Waals surface area contributed by atoms with E-state index < -0.39 is 47.2 Å². The van der Waals surface area contributed by atoms with Crippen LogP contribution in [0, 0.1) is 0 Å². The minimum Gasteiger partial charge on any atom is -0.399 e. The largest absolute Gasteiger partial charge is 0.494 e. The maximum absolute atomic E-state index is 13.3. The second-order valence-electron chi connectivity index (χ2n) is 7.60. The summed E-state index contributed by atoms with van der Waals surface area (Å²) in [7, 11) is -4.52. The molecule has 2 heterocycles. The Morgan fingerprint density at radius 1 is 1.04 bits per heavy atom. The fourth-order valence-corrected chi connectivity index (χ4v) is 4.30. The molecule has 138 valence electrons. The van der Waals surface area contributed by atoms with Crippen LogP contribution in [0.15, 0.2) is 29.2 Å². The van der Waals surface area contributed by atoms with Gasteiger partial charge in [-0.1, -0.05) is 12.1 Å². The van der Waals surface area contributed by atoms with E-state index in [-0.39, 0.29) is 11.4 Å². The van der Waals surface area contributed by atoms with Gasteiger partial charge in [-0.25, -0.2) is 17.2 Å². The number of rotatable bonds is 3. The molecule has 0 radical (unpaired) electrons. The first-order valence-corrected chi connectivity index (χ1v) is 9.62. The highest BCUT2D eigenvalue weighted by Crippen LogP contribution is 2.36. The summed E-state index contributed by atoms with van der Waals surface area (Å²) in [5.74, 6) is -2.96. The molecule has 0 unspecified atom stereocenters. The lowest BCUT2D eigenvalue weighted by molar-refractivity contribution is 0.00578. The molecular formula is C16H22BF2NO4S. The molecule has 9 heteroatoms. The first kappa shape index (κ1) is 18.8. The molecule has 1 aromatic carbocycles. The van der Waals surface area contributed by atoms with Crippen molar-refractivity contribution < 1.29 is 26.5 Å². The molecule has 25 heavy (non-hydrogen) atoms. The fraction of sp³-hybridized carbons (Fsp3) is 0.625. The number of sulfonamides is 1. The number of halogens is 2. The zero-order valence-electron chi connectivity index (χ0n) is 14.8. The van der Waals surface area contributed by atoms with E-state index in [0.717, 1.165) is 4.31 Å². The second-order valence-corrected chi connectivity index (χ2v) is 9.54. The van der Waals surface area contributed by atoms with E-state index >= 15 is 0 Å². The lowest BCUT2D eigenvalue weighted by atomic mass is 9.79. The average molecular weight is 373 g/mol. The summed E-state index contributed by atoms with van der Waals surface area (Å²) in [5, 5.41) is 0. The Balaban J connectivity index is 1.80. The van der Waals surface area contributed by atoms with Crippen molar-refractivity contribution in [3.8, 4) is 0 Å². The maximum atomic E-state index is 13.3. The molecule has 0 aliphatic carbocycles. The lowest BCUT2D eigenvalue weighted by Gasteiger charge is -2.32. The predicted molar refractivity (Wildman–Crippen MR) is 90.5 cm³/mol. The van der Waals surface area contributed by atoms with Gasteiger partial charge in [0.2, 0.25) is 10.0 Å². The molecule has 3 rings (SSSR count). The van der Waals surface area contributed by atoms with Crippen LogP contribution in [0.5, 0.6) is 0 Å².